The Kier molecular flexibility index (Phi) is 5.39. The van der Waals surface area contributed by atoms with Crippen molar-refractivity contribution in [2.75, 3.05) is 0 Å². The first-order chi connectivity index (χ1) is 8.15. The Morgan fingerprint density at radius 1 is 1.29 bits per heavy atom. The molecular formula is C12H17FN2O2. The Labute approximate surface area is 98.8 Å². The number of nitrogens with one attached hydrogen (secondary N) is 1. The zero-order valence-corrected chi connectivity index (χ0v) is 9.75. The van der Waals surface area contributed by atoms with Gasteiger partial charge in [0.15, 0.2) is 0 Å². The molecule has 0 spiro atoms. The fourth-order valence-electron chi connectivity index (χ4n) is 1.57. The molecule has 1 aromatic rings. The number of unbranched alkanes of at least 4 members (excludes halogenated alkanes) is 4. The lowest BCUT2D eigenvalue weighted by Gasteiger charge is -2.04. The molecule has 5 heteroatoms. The molecule has 94 valence electrons. The molecule has 0 fully saturated rings. The summed E-state index contributed by atoms with van der Waals surface area (Å²) in [5.74, 6) is -0.920. The molecule has 0 amide bonds. The van der Waals surface area contributed by atoms with E-state index < -0.39 is 17.1 Å². The van der Waals surface area contributed by atoms with Gasteiger partial charge < -0.3 is 0 Å². The Balaban J connectivity index is 2.42. The number of allylic oxidation sites excluding steroid dienone is 1. The molecule has 1 heterocycles. The van der Waals surface area contributed by atoms with Crippen LogP contribution in [-0.2, 0) is 6.54 Å². The zero-order chi connectivity index (χ0) is 12.7. The molecule has 0 atom stereocenters. The Morgan fingerprint density at radius 3 is 2.71 bits per heavy atom. The second-order valence-electron chi connectivity index (χ2n) is 3.92. The van der Waals surface area contributed by atoms with Gasteiger partial charge in [0, 0.05) is 6.54 Å². The first kappa shape index (κ1) is 13.4. The van der Waals surface area contributed by atoms with Gasteiger partial charge in [0.25, 0.3) is 5.56 Å². The number of hydrogen-bond acceptors (Lipinski definition) is 2. The van der Waals surface area contributed by atoms with Crippen molar-refractivity contribution in [3.63, 3.8) is 0 Å². The minimum absolute atomic E-state index is 0.431. The molecular weight excluding hydrogens is 223 g/mol. The highest BCUT2D eigenvalue weighted by Gasteiger charge is 2.02. The predicted molar refractivity (Wildman–Crippen MR) is 64.6 cm³/mol. The number of halogens is 1. The van der Waals surface area contributed by atoms with E-state index in [1.807, 2.05) is 11.1 Å². The van der Waals surface area contributed by atoms with E-state index in [9.17, 15) is 14.0 Å². The third-order valence-corrected chi connectivity index (χ3v) is 2.52. The van der Waals surface area contributed by atoms with Crippen LogP contribution in [0.15, 0.2) is 28.4 Å². The van der Waals surface area contributed by atoms with Crippen LogP contribution < -0.4 is 11.2 Å². The maximum Gasteiger partial charge on any atom is 0.328 e. The predicted octanol–water partition coefficient (Wildman–Crippen LogP) is 1.81. The number of nitrogens with zero attached hydrogens (tertiary/aromatic N) is 1. The summed E-state index contributed by atoms with van der Waals surface area (Å²) in [4.78, 5) is 24.0. The van der Waals surface area contributed by atoms with E-state index in [1.54, 1.807) is 0 Å². The molecule has 4 nitrogen and oxygen atoms in total. The van der Waals surface area contributed by atoms with Crippen LogP contribution in [0.2, 0.25) is 0 Å². The molecule has 17 heavy (non-hydrogen) atoms. The summed E-state index contributed by atoms with van der Waals surface area (Å²) in [5, 5.41) is 0. The van der Waals surface area contributed by atoms with Gasteiger partial charge in [0.05, 0.1) is 6.20 Å². The quantitative estimate of drug-likeness (QED) is 0.583. The summed E-state index contributed by atoms with van der Waals surface area (Å²) in [5.41, 5.74) is -1.51. The highest BCUT2D eigenvalue weighted by atomic mass is 19.1. The summed E-state index contributed by atoms with van der Waals surface area (Å²) in [6, 6.07) is 0. The molecule has 0 saturated carbocycles. The van der Waals surface area contributed by atoms with Crippen molar-refractivity contribution in [2.24, 2.45) is 0 Å². The molecule has 1 N–H and O–H groups in total. The lowest BCUT2D eigenvalue weighted by Crippen LogP contribution is -2.31. The summed E-state index contributed by atoms with van der Waals surface area (Å²) in [7, 11) is 0. The monoisotopic (exact) mass is 240 g/mol. The topological polar surface area (TPSA) is 54.9 Å². The van der Waals surface area contributed by atoms with Crippen molar-refractivity contribution >= 4 is 0 Å². The first-order valence-electron chi connectivity index (χ1n) is 5.75. The number of aromatic nitrogens is 2. The third kappa shape index (κ3) is 4.38. The minimum Gasteiger partial charge on any atom is -0.298 e. The van der Waals surface area contributed by atoms with Crippen molar-refractivity contribution in [3.8, 4) is 0 Å². The lowest BCUT2D eigenvalue weighted by atomic mass is 10.1. The summed E-state index contributed by atoms with van der Waals surface area (Å²) < 4.78 is 14.1. The SMILES string of the molecule is C=CCCCCCCn1cc(F)c(=O)[nH]c1=O. The third-order valence-electron chi connectivity index (χ3n) is 2.52. The van der Waals surface area contributed by atoms with Crippen LogP contribution in [-0.4, -0.2) is 9.55 Å². The second kappa shape index (κ2) is 6.83. The van der Waals surface area contributed by atoms with Crippen LogP contribution in [0.1, 0.15) is 32.1 Å². The molecule has 0 aliphatic heterocycles. The summed E-state index contributed by atoms with van der Waals surface area (Å²) in [6.45, 7) is 4.07. The number of aromatic amines is 1. The van der Waals surface area contributed by atoms with Crippen molar-refractivity contribution in [1.82, 2.24) is 9.55 Å². The maximum atomic E-state index is 12.9. The molecule has 0 aromatic carbocycles. The van der Waals surface area contributed by atoms with Gasteiger partial charge >= 0.3 is 5.69 Å². The van der Waals surface area contributed by atoms with Crippen LogP contribution in [0.3, 0.4) is 0 Å². The van der Waals surface area contributed by atoms with Gasteiger partial charge in [-0.15, -0.1) is 6.58 Å². The Hall–Kier alpha value is -1.65. The van der Waals surface area contributed by atoms with Gasteiger partial charge in [-0.25, -0.2) is 4.79 Å². The minimum atomic E-state index is -0.961. The van der Waals surface area contributed by atoms with E-state index in [4.69, 9.17) is 0 Å². The highest BCUT2D eigenvalue weighted by molar-refractivity contribution is 4.86. The van der Waals surface area contributed by atoms with Crippen LogP contribution in [0, 0.1) is 5.82 Å². The molecule has 0 radical (unpaired) electrons. The van der Waals surface area contributed by atoms with Gasteiger partial charge in [0.2, 0.25) is 5.82 Å². The second-order valence-corrected chi connectivity index (χ2v) is 3.92. The van der Waals surface area contributed by atoms with E-state index in [0.29, 0.717) is 6.54 Å². The molecule has 1 rings (SSSR count). The molecule has 0 aliphatic rings. The van der Waals surface area contributed by atoms with Gasteiger partial charge in [0.1, 0.15) is 0 Å². The number of hydrogen-bond donors (Lipinski definition) is 1. The smallest absolute Gasteiger partial charge is 0.298 e. The van der Waals surface area contributed by atoms with Crippen molar-refractivity contribution in [2.45, 2.75) is 38.6 Å². The van der Waals surface area contributed by atoms with E-state index in [0.717, 1.165) is 38.3 Å². The average molecular weight is 240 g/mol. The average Bonchev–Trinajstić information content (AvgIpc) is 2.30. The van der Waals surface area contributed by atoms with Crippen molar-refractivity contribution in [1.29, 1.82) is 0 Å². The van der Waals surface area contributed by atoms with Gasteiger partial charge in [-0.3, -0.25) is 14.3 Å². The molecule has 0 bridgehead atoms. The van der Waals surface area contributed by atoms with Crippen LogP contribution in [0.4, 0.5) is 4.39 Å². The van der Waals surface area contributed by atoms with Gasteiger partial charge in [-0.1, -0.05) is 18.9 Å². The van der Waals surface area contributed by atoms with Crippen molar-refractivity contribution in [3.05, 3.63) is 45.5 Å². The largest absolute Gasteiger partial charge is 0.328 e. The maximum absolute atomic E-state index is 12.9. The zero-order valence-electron chi connectivity index (χ0n) is 9.75. The molecule has 0 saturated heterocycles. The standard InChI is InChI=1S/C12H17FN2O2/c1-2-3-4-5-6-7-8-15-9-10(13)11(16)14-12(15)17/h2,9H,1,3-8H2,(H,14,16,17). The highest BCUT2D eigenvalue weighted by Crippen LogP contribution is 2.04. The van der Waals surface area contributed by atoms with E-state index >= 15 is 0 Å². The summed E-state index contributed by atoms with van der Waals surface area (Å²) in [6.07, 6.45) is 7.74. The number of H-pyrrole nitrogens is 1. The number of aryl methyl sites for hydroxylation is 1. The molecule has 0 aliphatic carbocycles. The van der Waals surface area contributed by atoms with Crippen LogP contribution >= 0.6 is 0 Å². The van der Waals surface area contributed by atoms with Gasteiger partial charge in [-0.2, -0.15) is 4.39 Å². The van der Waals surface area contributed by atoms with E-state index in [1.165, 1.54) is 4.57 Å². The van der Waals surface area contributed by atoms with E-state index in [-0.39, 0.29) is 0 Å². The lowest BCUT2D eigenvalue weighted by molar-refractivity contribution is 0.519. The molecule has 0 unspecified atom stereocenters. The summed E-state index contributed by atoms with van der Waals surface area (Å²) >= 11 is 0. The van der Waals surface area contributed by atoms with Gasteiger partial charge in [-0.05, 0) is 19.3 Å². The first-order valence-corrected chi connectivity index (χ1v) is 5.75. The van der Waals surface area contributed by atoms with Crippen molar-refractivity contribution < 1.29 is 4.39 Å². The Morgan fingerprint density at radius 2 is 2.00 bits per heavy atom. The molecule has 1 aromatic heterocycles. The normalized spacial score (nSPS) is 10.4. The van der Waals surface area contributed by atoms with Crippen LogP contribution in [0.5, 0.6) is 0 Å². The fourth-order valence-corrected chi connectivity index (χ4v) is 1.57. The van der Waals surface area contributed by atoms with Crippen LogP contribution in [0.25, 0.3) is 0 Å². The Bertz CT molecular complexity index is 476. The number of rotatable bonds is 7. The van der Waals surface area contributed by atoms with E-state index in [2.05, 4.69) is 6.58 Å². The fraction of sp³-hybridized carbons (Fsp3) is 0.500.